The van der Waals surface area contributed by atoms with Gasteiger partial charge in [0.15, 0.2) is 23.4 Å². The lowest BCUT2D eigenvalue weighted by Crippen LogP contribution is -2.25. The van der Waals surface area contributed by atoms with Crippen LogP contribution in [0, 0.1) is 0 Å². The zero-order valence-electron chi connectivity index (χ0n) is 13.3. The highest BCUT2D eigenvalue weighted by atomic mass is 16.5. The van der Waals surface area contributed by atoms with Crippen LogP contribution in [0.2, 0.25) is 0 Å². The first-order valence-corrected chi connectivity index (χ1v) is 7.24. The van der Waals surface area contributed by atoms with Gasteiger partial charge >= 0.3 is 0 Å². The van der Waals surface area contributed by atoms with Gasteiger partial charge in [-0.25, -0.2) is 0 Å². The summed E-state index contributed by atoms with van der Waals surface area (Å²) in [6.45, 7) is 0. The number of rotatable bonds is 4. The van der Waals surface area contributed by atoms with E-state index in [0.717, 1.165) is 11.1 Å². The van der Waals surface area contributed by atoms with Crippen LogP contribution in [0.15, 0.2) is 36.4 Å². The number of hydrogen-bond donors (Lipinski definition) is 0. The minimum Gasteiger partial charge on any atom is -0.497 e. The summed E-state index contributed by atoms with van der Waals surface area (Å²) in [7, 11) is 4.73. The Morgan fingerprint density at radius 2 is 1.74 bits per heavy atom. The molecule has 0 aromatic heterocycles. The first-order chi connectivity index (χ1) is 11.2. The molecule has 0 bridgehead atoms. The van der Waals surface area contributed by atoms with Gasteiger partial charge in [0.2, 0.25) is 0 Å². The number of fused-ring (bicyclic) bond motifs is 1. The molecule has 0 spiro atoms. The van der Waals surface area contributed by atoms with Crippen molar-refractivity contribution in [2.45, 2.75) is 12.5 Å². The number of ether oxygens (including phenoxy) is 4. The van der Waals surface area contributed by atoms with Gasteiger partial charge in [0, 0.05) is 23.6 Å². The van der Waals surface area contributed by atoms with Crippen LogP contribution in [0.3, 0.4) is 0 Å². The Balaban J connectivity index is 1.95. The van der Waals surface area contributed by atoms with Gasteiger partial charge in [-0.1, -0.05) is 12.1 Å². The third-order valence-corrected chi connectivity index (χ3v) is 3.89. The summed E-state index contributed by atoms with van der Waals surface area (Å²) in [6.07, 6.45) is -0.326. The molecule has 23 heavy (non-hydrogen) atoms. The Morgan fingerprint density at radius 1 is 0.957 bits per heavy atom. The van der Waals surface area contributed by atoms with Crippen molar-refractivity contribution in [1.29, 1.82) is 0 Å². The van der Waals surface area contributed by atoms with Gasteiger partial charge in [-0.05, 0) is 18.2 Å². The second-order valence-electron chi connectivity index (χ2n) is 5.23. The normalized spacial score (nSPS) is 16.3. The van der Waals surface area contributed by atoms with Crippen molar-refractivity contribution in [1.82, 2.24) is 0 Å². The van der Waals surface area contributed by atoms with E-state index in [0.29, 0.717) is 29.4 Å². The average Bonchev–Trinajstić information content (AvgIpc) is 2.60. The molecular formula is C18H18O5. The second kappa shape index (κ2) is 6.20. The monoisotopic (exact) mass is 314 g/mol. The van der Waals surface area contributed by atoms with Crippen molar-refractivity contribution in [3.8, 4) is 23.0 Å². The lowest BCUT2D eigenvalue weighted by molar-refractivity contribution is -0.126. The molecule has 1 heterocycles. The molecule has 2 aromatic rings. The van der Waals surface area contributed by atoms with E-state index in [1.807, 2.05) is 18.2 Å². The number of carbonyl (C=O) groups excluding carboxylic acids is 1. The zero-order valence-corrected chi connectivity index (χ0v) is 13.3. The molecule has 5 nitrogen and oxygen atoms in total. The molecule has 2 aromatic carbocycles. The van der Waals surface area contributed by atoms with Crippen LogP contribution in [0.4, 0.5) is 0 Å². The van der Waals surface area contributed by atoms with Gasteiger partial charge in [-0.15, -0.1) is 0 Å². The van der Waals surface area contributed by atoms with E-state index in [1.54, 1.807) is 39.5 Å². The van der Waals surface area contributed by atoms with E-state index in [9.17, 15) is 4.79 Å². The second-order valence-corrected chi connectivity index (χ2v) is 5.23. The minimum absolute atomic E-state index is 0.00915. The Morgan fingerprint density at radius 3 is 2.43 bits per heavy atom. The van der Waals surface area contributed by atoms with Crippen LogP contribution in [-0.4, -0.2) is 27.1 Å². The van der Waals surface area contributed by atoms with E-state index in [1.165, 1.54) is 0 Å². The molecule has 0 unspecified atom stereocenters. The highest BCUT2D eigenvalue weighted by Gasteiger charge is 2.30. The van der Waals surface area contributed by atoms with Crippen LogP contribution in [0.25, 0.3) is 0 Å². The van der Waals surface area contributed by atoms with Crippen molar-refractivity contribution >= 4 is 5.78 Å². The van der Waals surface area contributed by atoms with Crippen molar-refractivity contribution in [2.75, 3.05) is 21.3 Å². The molecule has 1 atom stereocenters. The van der Waals surface area contributed by atoms with Crippen LogP contribution in [0.5, 0.6) is 23.0 Å². The average molecular weight is 314 g/mol. The predicted molar refractivity (Wildman–Crippen MR) is 84.6 cm³/mol. The van der Waals surface area contributed by atoms with E-state index < -0.39 is 6.10 Å². The molecule has 0 aliphatic carbocycles. The molecule has 5 heteroatoms. The van der Waals surface area contributed by atoms with Gasteiger partial charge < -0.3 is 18.9 Å². The fourth-order valence-electron chi connectivity index (χ4n) is 2.66. The number of hydrogen-bond acceptors (Lipinski definition) is 5. The van der Waals surface area contributed by atoms with E-state index in [2.05, 4.69) is 0 Å². The summed E-state index contributed by atoms with van der Waals surface area (Å²) in [5, 5.41) is 0. The Bertz CT molecular complexity index is 738. The first kappa shape index (κ1) is 15.2. The third kappa shape index (κ3) is 2.82. The van der Waals surface area contributed by atoms with E-state index in [-0.39, 0.29) is 5.78 Å². The fourth-order valence-corrected chi connectivity index (χ4v) is 2.66. The van der Waals surface area contributed by atoms with Gasteiger partial charge in [-0.2, -0.15) is 0 Å². The SMILES string of the molecule is COc1ccc2c(c1)O[C@@H](c1ccc(OC)c(OC)c1)C(=O)C2. The number of carbonyl (C=O) groups is 1. The quantitative estimate of drug-likeness (QED) is 0.868. The van der Waals surface area contributed by atoms with Gasteiger partial charge in [-0.3, -0.25) is 4.79 Å². The topological polar surface area (TPSA) is 54.0 Å². The number of benzene rings is 2. The maximum absolute atomic E-state index is 12.4. The molecular weight excluding hydrogens is 296 g/mol. The van der Waals surface area contributed by atoms with E-state index >= 15 is 0 Å². The third-order valence-electron chi connectivity index (χ3n) is 3.89. The summed E-state index contributed by atoms with van der Waals surface area (Å²) in [5.41, 5.74) is 1.61. The summed E-state index contributed by atoms with van der Waals surface area (Å²) in [5.74, 6) is 2.56. The lowest BCUT2D eigenvalue weighted by atomic mass is 9.96. The fraction of sp³-hybridized carbons (Fsp3) is 0.278. The van der Waals surface area contributed by atoms with E-state index in [4.69, 9.17) is 18.9 Å². The van der Waals surface area contributed by atoms with Gasteiger partial charge in [0.25, 0.3) is 0 Å². The van der Waals surface area contributed by atoms with Gasteiger partial charge in [0.1, 0.15) is 11.5 Å². The molecule has 0 saturated carbocycles. The molecule has 0 radical (unpaired) electrons. The molecule has 1 aliphatic rings. The highest BCUT2D eigenvalue weighted by Crippen LogP contribution is 2.37. The number of Topliss-reactive ketones (excluding diaryl/α,β-unsaturated/α-hetero) is 1. The minimum atomic E-state index is -0.658. The first-order valence-electron chi connectivity index (χ1n) is 7.24. The van der Waals surface area contributed by atoms with Gasteiger partial charge in [0.05, 0.1) is 21.3 Å². The molecule has 120 valence electrons. The molecule has 3 rings (SSSR count). The van der Waals surface area contributed by atoms with Crippen LogP contribution in [0.1, 0.15) is 17.2 Å². The molecule has 0 fully saturated rings. The highest BCUT2D eigenvalue weighted by molar-refractivity contribution is 5.89. The summed E-state index contributed by atoms with van der Waals surface area (Å²) in [6, 6.07) is 10.8. The van der Waals surface area contributed by atoms with Crippen molar-refractivity contribution in [3.05, 3.63) is 47.5 Å². The molecule has 0 N–H and O–H groups in total. The number of methoxy groups -OCH3 is 3. The maximum atomic E-state index is 12.4. The van der Waals surface area contributed by atoms with Crippen LogP contribution >= 0.6 is 0 Å². The van der Waals surface area contributed by atoms with Crippen LogP contribution < -0.4 is 18.9 Å². The lowest BCUT2D eigenvalue weighted by Gasteiger charge is -2.26. The Hall–Kier alpha value is -2.69. The van der Waals surface area contributed by atoms with Crippen LogP contribution in [-0.2, 0) is 11.2 Å². The Labute approximate surface area is 134 Å². The molecule has 0 saturated heterocycles. The summed E-state index contributed by atoms with van der Waals surface area (Å²) < 4.78 is 21.7. The van der Waals surface area contributed by atoms with Crippen molar-refractivity contribution in [3.63, 3.8) is 0 Å². The van der Waals surface area contributed by atoms with Crippen molar-refractivity contribution < 1.29 is 23.7 Å². The number of ketones is 1. The summed E-state index contributed by atoms with van der Waals surface area (Å²) >= 11 is 0. The smallest absolute Gasteiger partial charge is 0.182 e. The standard InChI is InChI=1S/C18H18O5/c1-20-13-6-4-11-8-14(19)18(23-16(11)10-13)12-5-7-15(21-2)17(9-12)22-3/h4-7,9-10,18H,8H2,1-3H3/t18-/m0/s1. The maximum Gasteiger partial charge on any atom is 0.182 e. The van der Waals surface area contributed by atoms with Crippen molar-refractivity contribution in [2.24, 2.45) is 0 Å². The predicted octanol–water partition coefficient (Wildman–Crippen LogP) is 2.96. The molecule has 1 aliphatic heterocycles. The largest absolute Gasteiger partial charge is 0.497 e. The molecule has 0 amide bonds. The zero-order chi connectivity index (χ0) is 16.4. The Kier molecular flexibility index (Phi) is 4.10. The summed E-state index contributed by atoms with van der Waals surface area (Å²) in [4.78, 5) is 12.4.